The molecule has 2 amide bonds. The Kier molecular flexibility index (Phi) is 10.1. The van der Waals surface area contributed by atoms with Gasteiger partial charge in [0, 0.05) is 17.0 Å². The summed E-state index contributed by atoms with van der Waals surface area (Å²) in [6, 6.07) is 5.85. The lowest BCUT2D eigenvalue weighted by Gasteiger charge is -2.40. The molecular weight excluding hydrogens is 552 g/mol. The maximum absolute atomic E-state index is 14.8. The quantitative estimate of drug-likeness (QED) is 0.172. The van der Waals surface area contributed by atoms with Crippen molar-refractivity contribution in [1.29, 1.82) is 0 Å². The second-order valence-electron chi connectivity index (χ2n) is 12.3. The van der Waals surface area contributed by atoms with Gasteiger partial charge in [0.25, 0.3) is 5.91 Å². The Morgan fingerprint density at radius 1 is 1.19 bits per heavy atom. The second-order valence-corrected chi connectivity index (χ2v) is 14.2. The van der Waals surface area contributed by atoms with Crippen LogP contribution in [-0.2, 0) is 19.1 Å². The minimum Gasteiger partial charge on any atom is -0.497 e. The molecule has 2 bridgehead atoms. The average molecular weight is 599 g/mol. The Morgan fingerprint density at radius 2 is 1.90 bits per heavy atom. The standard InChI is InChI=1S/C33H46N2O6S/c1-7-9-10-11-19-41-31(39)27-26-29(37)35(24(21-36)20-22(3)4)28(33(26)17-16-32(27,5)42-33)30(38)34(18-8-2)23-12-14-25(40-6)15-13-23/h7-8,12-15,22,24,26-28,36H,1-2,9-11,16-21H2,3-6H3/t24-,26+,27+,28?,32-,33?/m1/s1. The average Bonchev–Trinajstić information content (AvgIpc) is 3.54. The molecule has 3 heterocycles. The number of allylic oxidation sites excluding steroid dienone is 1. The highest BCUT2D eigenvalue weighted by atomic mass is 32.2. The topological polar surface area (TPSA) is 96.4 Å². The lowest BCUT2D eigenvalue weighted by molar-refractivity contribution is -0.156. The number of aliphatic hydroxyl groups excluding tert-OH is 1. The third-order valence-electron chi connectivity index (χ3n) is 9.06. The first-order chi connectivity index (χ1) is 20.1. The molecule has 8 nitrogen and oxygen atoms in total. The van der Waals surface area contributed by atoms with Crippen LogP contribution >= 0.6 is 11.8 Å². The zero-order valence-electron chi connectivity index (χ0n) is 25.4. The van der Waals surface area contributed by atoms with Gasteiger partial charge in [-0.25, -0.2) is 0 Å². The van der Waals surface area contributed by atoms with Crippen molar-refractivity contribution in [2.75, 3.05) is 31.8 Å². The SMILES string of the molecule is C=CCCCCOC(=O)[C@@H]1[C@H]2C(=O)N([C@@H](CO)CC(C)C)C(C(=O)N(CC=C)c3ccc(OC)cc3)C23CC[C@@]1(C)S3. The first-order valence-electron chi connectivity index (χ1n) is 15.1. The molecular formula is C33H46N2O6S. The fraction of sp³-hybridized carbons (Fsp3) is 0.606. The molecule has 0 saturated carbocycles. The number of ether oxygens (including phenoxy) is 2. The number of carbonyl (C=O) groups excluding carboxylic acids is 3. The highest BCUT2D eigenvalue weighted by Crippen LogP contribution is 2.72. The minimum absolute atomic E-state index is 0.187. The van der Waals surface area contributed by atoms with Gasteiger partial charge in [0.2, 0.25) is 5.91 Å². The normalized spacial score (nSPS) is 28.5. The van der Waals surface area contributed by atoms with Crippen LogP contribution in [0.5, 0.6) is 5.75 Å². The highest BCUT2D eigenvalue weighted by molar-refractivity contribution is 8.02. The van der Waals surface area contributed by atoms with Gasteiger partial charge >= 0.3 is 5.97 Å². The van der Waals surface area contributed by atoms with Crippen molar-refractivity contribution in [1.82, 2.24) is 4.90 Å². The van der Waals surface area contributed by atoms with Crippen LogP contribution in [0.15, 0.2) is 49.6 Å². The Labute approximate surface area is 254 Å². The Hall–Kier alpha value is -2.78. The fourth-order valence-electron chi connectivity index (χ4n) is 7.23. The zero-order chi connectivity index (χ0) is 30.7. The van der Waals surface area contributed by atoms with Crippen LogP contribution in [0.25, 0.3) is 0 Å². The molecule has 0 radical (unpaired) electrons. The van der Waals surface area contributed by atoms with E-state index in [9.17, 15) is 19.5 Å². The van der Waals surface area contributed by atoms with E-state index in [4.69, 9.17) is 9.47 Å². The lowest BCUT2D eigenvalue weighted by atomic mass is 9.66. The van der Waals surface area contributed by atoms with Crippen molar-refractivity contribution in [3.05, 3.63) is 49.6 Å². The molecule has 0 aliphatic carbocycles. The molecule has 3 fully saturated rings. The van der Waals surface area contributed by atoms with E-state index in [-0.39, 0.29) is 36.9 Å². The molecule has 3 aliphatic rings. The Bertz CT molecular complexity index is 1170. The van der Waals surface area contributed by atoms with Crippen molar-refractivity contribution in [2.45, 2.75) is 80.9 Å². The van der Waals surface area contributed by atoms with Crippen LogP contribution in [0.3, 0.4) is 0 Å². The number of amides is 2. The number of fused-ring (bicyclic) bond motifs is 1. The molecule has 9 heteroatoms. The van der Waals surface area contributed by atoms with Crippen LogP contribution in [0.2, 0.25) is 0 Å². The third kappa shape index (κ3) is 5.74. The number of likely N-dealkylation sites (tertiary alicyclic amines) is 1. The molecule has 6 atom stereocenters. The van der Waals surface area contributed by atoms with E-state index in [2.05, 4.69) is 13.2 Å². The number of benzene rings is 1. The van der Waals surface area contributed by atoms with Gasteiger partial charge < -0.3 is 24.4 Å². The number of carbonyl (C=O) groups is 3. The molecule has 42 heavy (non-hydrogen) atoms. The molecule has 3 aliphatic heterocycles. The van der Waals surface area contributed by atoms with Gasteiger partial charge in [0.15, 0.2) is 0 Å². The Morgan fingerprint density at radius 3 is 2.50 bits per heavy atom. The zero-order valence-corrected chi connectivity index (χ0v) is 26.2. The summed E-state index contributed by atoms with van der Waals surface area (Å²) in [6.45, 7) is 14.0. The van der Waals surface area contributed by atoms with Crippen LogP contribution < -0.4 is 9.64 Å². The Balaban J connectivity index is 1.75. The van der Waals surface area contributed by atoms with E-state index in [0.717, 1.165) is 19.3 Å². The number of esters is 1. The molecule has 4 rings (SSSR count). The van der Waals surface area contributed by atoms with Crippen LogP contribution in [-0.4, -0.2) is 76.2 Å². The second kappa shape index (κ2) is 13.2. The summed E-state index contributed by atoms with van der Waals surface area (Å²) in [5, 5.41) is 10.6. The molecule has 230 valence electrons. The largest absolute Gasteiger partial charge is 0.497 e. The molecule has 1 spiro atoms. The number of aliphatic hydroxyl groups is 1. The maximum Gasteiger partial charge on any atom is 0.311 e. The number of hydrogen-bond acceptors (Lipinski definition) is 7. The van der Waals surface area contributed by atoms with E-state index < -0.39 is 33.4 Å². The van der Waals surface area contributed by atoms with Crippen molar-refractivity contribution >= 4 is 35.2 Å². The van der Waals surface area contributed by atoms with Crippen molar-refractivity contribution in [3.8, 4) is 5.75 Å². The van der Waals surface area contributed by atoms with Crippen LogP contribution in [0, 0.1) is 17.8 Å². The maximum atomic E-state index is 14.8. The number of hydrogen-bond donors (Lipinski definition) is 1. The minimum atomic E-state index is -0.842. The van der Waals surface area contributed by atoms with Gasteiger partial charge in [-0.05, 0) is 75.6 Å². The number of nitrogens with zero attached hydrogens (tertiary/aromatic N) is 2. The van der Waals surface area contributed by atoms with Crippen molar-refractivity contribution < 1.29 is 29.0 Å². The molecule has 2 unspecified atom stereocenters. The van der Waals surface area contributed by atoms with E-state index in [1.807, 2.05) is 39.0 Å². The lowest BCUT2D eigenvalue weighted by Crippen LogP contribution is -2.57. The molecule has 1 aromatic carbocycles. The predicted molar refractivity (Wildman–Crippen MR) is 166 cm³/mol. The number of rotatable bonds is 15. The molecule has 1 N–H and O–H groups in total. The summed E-state index contributed by atoms with van der Waals surface area (Å²) in [6.07, 6.45) is 7.84. The summed E-state index contributed by atoms with van der Waals surface area (Å²) in [5.41, 5.74) is 0.664. The number of methoxy groups -OCH3 is 1. The first kappa shape index (κ1) is 32.1. The van der Waals surface area contributed by atoms with E-state index in [1.165, 1.54) is 0 Å². The summed E-state index contributed by atoms with van der Waals surface area (Å²) in [7, 11) is 1.59. The monoisotopic (exact) mass is 598 g/mol. The fourth-order valence-corrected chi connectivity index (χ4v) is 9.55. The summed E-state index contributed by atoms with van der Waals surface area (Å²) in [5.74, 6) is -1.32. The van der Waals surface area contributed by atoms with Gasteiger partial charge in [-0.2, -0.15) is 0 Å². The first-order valence-corrected chi connectivity index (χ1v) is 15.9. The van der Waals surface area contributed by atoms with E-state index in [0.29, 0.717) is 37.3 Å². The van der Waals surface area contributed by atoms with Crippen LogP contribution in [0.4, 0.5) is 5.69 Å². The third-order valence-corrected chi connectivity index (χ3v) is 11.0. The molecule has 3 saturated heterocycles. The molecule has 0 aromatic heterocycles. The van der Waals surface area contributed by atoms with Gasteiger partial charge in [-0.3, -0.25) is 14.4 Å². The number of thioether (sulfide) groups is 1. The summed E-state index contributed by atoms with van der Waals surface area (Å²) < 4.78 is 9.78. The number of anilines is 1. The highest BCUT2D eigenvalue weighted by Gasteiger charge is 2.78. The van der Waals surface area contributed by atoms with Gasteiger partial charge in [-0.1, -0.05) is 26.0 Å². The van der Waals surface area contributed by atoms with E-state index in [1.54, 1.807) is 46.9 Å². The smallest absolute Gasteiger partial charge is 0.311 e. The molecule has 1 aromatic rings. The predicted octanol–water partition coefficient (Wildman–Crippen LogP) is 5.00. The number of unbranched alkanes of at least 4 members (excludes halogenated alkanes) is 2. The van der Waals surface area contributed by atoms with Gasteiger partial charge in [-0.15, -0.1) is 24.9 Å². The van der Waals surface area contributed by atoms with Crippen molar-refractivity contribution in [2.24, 2.45) is 17.8 Å². The van der Waals surface area contributed by atoms with Crippen molar-refractivity contribution in [3.63, 3.8) is 0 Å². The van der Waals surface area contributed by atoms with Gasteiger partial charge in [0.05, 0.1) is 42.9 Å². The van der Waals surface area contributed by atoms with Crippen LogP contribution in [0.1, 0.15) is 59.3 Å². The van der Waals surface area contributed by atoms with Gasteiger partial charge in [0.1, 0.15) is 11.8 Å². The van der Waals surface area contributed by atoms with E-state index >= 15 is 0 Å². The summed E-state index contributed by atoms with van der Waals surface area (Å²) >= 11 is 1.61. The summed E-state index contributed by atoms with van der Waals surface area (Å²) in [4.78, 5) is 46.2.